The summed E-state index contributed by atoms with van der Waals surface area (Å²) in [5.74, 6) is 1.39. The highest BCUT2D eigenvalue weighted by Gasteiger charge is 2.13. The summed E-state index contributed by atoms with van der Waals surface area (Å²) in [4.78, 5) is 0. The van der Waals surface area contributed by atoms with Crippen LogP contribution in [0.15, 0.2) is 30.9 Å². The lowest BCUT2D eigenvalue weighted by molar-refractivity contribution is 0.164. The van der Waals surface area contributed by atoms with E-state index in [1.807, 2.05) is 6.07 Å². The van der Waals surface area contributed by atoms with Crippen molar-refractivity contribution in [3.05, 3.63) is 36.4 Å². The first-order chi connectivity index (χ1) is 7.72. The summed E-state index contributed by atoms with van der Waals surface area (Å²) in [5.41, 5.74) is 0.753. The van der Waals surface area contributed by atoms with Crippen LogP contribution in [0.2, 0.25) is 0 Å². The van der Waals surface area contributed by atoms with Gasteiger partial charge in [-0.2, -0.15) is 0 Å². The molecule has 1 aromatic carbocycles. The van der Waals surface area contributed by atoms with Crippen molar-refractivity contribution in [2.24, 2.45) is 0 Å². The minimum atomic E-state index is -0.553. The van der Waals surface area contributed by atoms with E-state index in [2.05, 4.69) is 6.58 Å². The summed E-state index contributed by atoms with van der Waals surface area (Å²) in [5, 5.41) is 10.0. The van der Waals surface area contributed by atoms with E-state index in [-0.39, 0.29) is 0 Å². The van der Waals surface area contributed by atoms with Crippen molar-refractivity contribution in [1.29, 1.82) is 0 Å². The van der Waals surface area contributed by atoms with Crippen LogP contribution in [0.4, 0.5) is 0 Å². The Morgan fingerprint density at radius 2 is 2.12 bits per heavy atom. The van der Waals surface area contributed by atoms with Gasteiger partial charge in [0.1, 0.15) is 11.5 Å². The fraction of sp³-hybridized carbons (Fsp3) is 0.385. The minimum Gasteiger partial charge on any atom is -0.497 e. The number of hydrogen-bond acceptors (Lipinski definition) is 3. The number of aliphatic hydroxyl groups excluding tert-OH is 1. The molecule has 0 amide bonds. The quantitative estimate of drug-likeness (QED) is 0.752. The van der Waals surface area contributed by atoms with Gasteiger partial charge in [-0.15, -0.1) is 6.58 Å². The van der Waals surface area contributed by atoms with Gasteiger partial charge in [0.2, 0.25) is 0 Å². The number of benzene rings is 1. The largest absolute Gasteiger partial charge is 0.497 e. The Kier molecular flexibility index (Phi) is 4.86. The van der Waals surface area contributed by atoms with Crippen LogP contribution in [0.25, 0.3) is 0 Å². The molecule has 0 bridgehead atoms. The number of ether oxygens (including phenoxy) is 2. The Morgan fingerprint density at radius 3 is 2.69 bits per heavy atom. The molecule has 0 saturated heterocycles. The molecular formula is C13H18O3. The van der Waals surface area contributed by atoms with Crippen molar-refractivity contribution >= 4 is 0 Å². The average molecular weight is 222 g/mol. The summed E-state index contributed by atoms with van der Waals surface area (Å²) in [6.45, 7) is 3.64. The molecule has 1 aromatic rings. The molecule has 0 aliphatic rings. The zero-order valence-corrected chi connectivity index (χ0v) is 9.77. The lowest BCUT2D eigenvalue weighted by Crippen LogP contribution is -2.01. The van der Waals surface area contributed by atoms with Crippen molar-refractivity contribution in [1.82, 2.24) is 0 Å². The van der Waals surface area contributed by atoms with E-state index < -0.39 is 6.10 Å². The van der Waals surface area contributed by atoms with Crippen LogP contribution in [0, 0.1) is 0 Å². The molecule has 0 aliphatic heterocycles. The van der Waals surface area contributed by atoms with Gasteiger partial charge in [0.05, 0.1) is 20.3 Å². The molecule has 0 radical (unpaired) electrons. The highest BCUT2D eigenvalue weighted by molar-refractivity contribution is 5.41. The molecule has 88 valence electrons. The smallest absolute Gasteiger partial charge is 0.124 e. The molecule has 0 aliphatic carbocycles. The average Bonchev–Trinajstić information content (AvgIpc) is 2.35. The first kappa shape index (κ1) is 12.6. The standard InChI is InChI=1S/C13H18O3/c1-4-5-6-12(14)11-9-10(15-2)7-8-13(11)16-3/h4,7-9,12,14H,1,5-6H2,2-3H3. The van der Waals surface area contributed by atoms with E-state index in [9.17, 15) is 5.11 Å². The van der Waals surface area contributed by atoms with Gasteiger partial charge in [-0.1, -0.05) is 6.08 Å². The summed E-state index contributed by atoms with van der Waals surface area (Å²) in [6, 6.07) is 5.40. The van der Waals surface area contributed by atoms with Gasteiger partial charge < -0.3 is 14.6 Å². The van der Waals surface area contributed by atoms with Gasteiger partial charge in [0.25, 0.3) is 0 Å². The number of rotatable bonds is 6. The number of methoxy groups -OCH3 is 2. The maximum absolute atomic E-state index is 10.0. The number of aliphatic hydroxyl groups is 1. The normalized spacial score (nSPS) is 11.9. The van der Waals surface area contributed by atoms with Crippen LogP contribution in [0.5, 0.6) is 11.5 Å². The second-order valence-electron chi connectivity index (χ2n) is 3.49. The number of hydrogen-bond donors (Lipinski definition) is 1. The molecule has 1 N–H and O–H groups in total. The highest BCUT2D eigenvalue weighted by atomic mass is 16.5. The third kappa shape index (κ3) is 3.00. The first-order valence-corrected chi connectivity index (χ1v) is 5.23. The maximum atomic E-state index is 10.0. The molecule has 1 unspecified atom stereocenters. The lowest BCUT2D eigenvalue weighted by Gasteiger charge is -2.15. The fourth-order valence-electron chi connectivity index (χ4n) is 1.53. The SMILES string of the molecule is C=CCCC(O)c1cc(OC)ccc1OC. The predicted octanol–water partition coefficient (Wildman–Crippen LogP) is 2.70. The summed E-state index contributed by atoms with van der Waals surface area (Å²) < 4.78 is 10.3. The summed E-state index contributed by atoms with van der Waals surface area (Å²) in [6.07, 6.45) is 2.63. The summed E-state index contributed by atoms with van der Waals surface area (Å²) >= 11 is 0. The molecule has 3 nitrogen and oxygen atoms in total. The molecule has 0 fully saturated rings. The Labute approximate surface area is 96.3 Å². The Hall–Kier alpha value is -1.48. The van der Waals surface area contributed by atoms with Gasteiger partial charge >= 0.3 is 0 Å². The molecule has 16 heavy (non-hydrogen) atoms. The van der Waals surface area contributed by atoms with E-state index in [4.69, 9.17) is 9.47 Å². The predicted molar refractivity (Wildman–Crippen MR) is 63.9 cm³/mol. The van der Waals surface area contributed by atoms with E-state index >= 15 is 0 Å². The van der Waals surface area contributed by atoms with Crippen molar-refractivity contribution in [3.8, 4) is 11.5 Å². The van der Waals surface area contributed by atoms with E-state index in [0.717, 1.165) is 12.0 Å². The summed E-state index contributed by atoms with van der Waals surface area (Å²) in [7, 11) is 3.19. The second-order valence-corrected chi connectivity index (χ2v) is 3.49. The zero-order chi connectivity index (χ0) is 12.0. The van der Waals surface area contributed by atoms with Gasteiger partial charge in [-0.3, -0.25) is 0 Å². The van der Waals surface area contributed by atoms with Crippen molar-refractivity contribution in [3.63, 3.8) is 0 Å². The molecule has 1 atom stereocenters. The van der Waals surface area contributed by atoms with Gasteiger partial charge in [-0.05, 0) is 31.0 Å². The van der Waals surface area contributed by atoms with Crippen molar-refractivity contribution < 1.29 is 14.6 Å². The Bertz CT molecular complexity index is 347. The maximum Gasteiger partial charge on any atom is 0.124 e. The molecule has 3 heteroatoms. The van der Waals surface area contributed by atoms with Crippen molar-refractivity contribution in [2.75, 3.05) is 14.2 Å². The number of allylic oxidation sites excluding steroid dienone is 1. The fourth-order valence-corrected chi connectivity index (χ4v) is 1.53. The first-order valence-electron chi connectivity index (χ1n) is 5.23. The minimum absolute atomic E-state index is 0.553. The van der Waals surface area contributed by atoms with Gasteiger partial charge in [-0.25, -0.2) is 0 Å². The molecule has 0 aromatic heterocycles. The monoisotopic (exact) mass is 222 g/mol. The van der Waals surface area contributed by atoms with Gasteiger partial charge in [0, 0.05) is 5.56 Å². The molecule has 1 rings (SSSR count). The lowest BCUT2D eigenvalue weighted by atomic mass is 10.0. The molecule has 0 spiro atoms. The third-order valence-corrected chi connectivity index (χ3v) is 2.44. The third-order valence-electron chi connectivity index (χ3n) is 2.44. The van der Waals surface area contributed by atoms with Crippen molar-refractivity contribution in [2.45, 2.75) is 18.9 Å². The molecule has 0 heterocycles. The zero-order valence-electron chi connectivity index (χ0n) is 9.77. The molecule has 0 saturated carbocycles. The Balaban J connectivity index is 2.93. The Morgan fingerprint density at radius 1 is 1.38 bits per heavy atom. The van der Waals surface area contributed by atoms with Crippen LogP contribution < -0.4 is 9.47 Å². The van der Waals surface area contributed by atoms with Crippen LogP contribution in [-0.2, 0) is 0 Å². The van der Waals surface area contributed by atoms with Crippen LogP contribution >= 0.6 is 0 Å². The second kappa shape index (κ2) is 6.18. The van der Waals surface area contributed by atoms with Crippen LogP contribution in [0.3, 0.4) is 0 Å². The topological polar surface area (TPSA) is 38.7 Å². The van der Waals surface area contributed by atoms with Crippen LogP contribution in [0.1, 0.15) is 24.5 Å². The van der Waals surface area contributed by atoms with Crippen LogP contribution in [-0.4, -0.2) is 19.3 Å². The van der Waals surface area contributed by atoms with E-state index in [1.54, 1.807) is 32.4 Å². The van der Waals surface area contributed by atoms with Gasteiger partial charge in [0.15, 0.2) is 0 Å². The van der Waals surface area contributed by atoms with E-state index in [0.29, 0.717) is 17.9 Å². The molecular weight excluding hydrogens is 204 g/mol. The van der Waals surface area contributed by atoms with E-state index in [1.165, 1.54) is 0 Å². The highest BCUT2D eigenvalue weighted by Crippen LogP contribution is 2.31.